The summed E-state index contributed by atoms with van der Waals surface area (Å²) in [6.45, 7) is 10.3. The van der Waals surface area contributed by atoms with Gasteiger partial charge >= 0.3 is 0 Å². The fourth-order valence-electron chi connectivity index (χ4n) is 2.27. The lowest BCUT2D eigenvalue weighted by atomic mass is 9.84. The Morgan fingerprint density at radius 2 is 1.62 bits per heavy atom. The average Bonchev–Trinajstić information content (AvgIpc) is 2.16. The van der Waals surface area contributed by atoms with Crippen LogP contribution in [0.3, 0.4) is 0 Å². The number of phenolic OH excluding ortho intramolecular Hbond substituents is 1. The Balaban J connectivity index is 3.16. The van der Waals surface area contributed by atoms with E-state index in [-0.39, 0.29) is 0 Å². The minimum absolute atomic E-state index is 0.340. The Morgan fingerprint density at radius 1 is 1.12 bits per heavy atom. The molecule has 2 atom stereocenters. The highest BCUT2D eigenvalue weighted by molar-refractivity contribution is 5.43. The molecular formula is C15H20O. The van der Waals surface area contributed by atoms with Crippen LogP contribution in [-0.2, 0) is 0 Å². The Labute approximate surface area is 98.5 Å². The largest absolute Gasteiger partial charge is 0.508 e. The summed E-state index contributed by atoms with van der Waals surface area (Å²) in [5.41, 5.74) is 3.61. The number of hydrogen-bond acceptors (Lipinski definition) is 1. The van der Waals surface area contributed by atoms with Crippen LogP contribution < -0.4 is 0 Å². The van der Waals surface area contributed by atoms with Crippen LogP contribution in [0.2, 0.25) is 0 Å². The zero-order valence-electron chi connectivity index (χ0n) is 10.8. The first-order chi connectivity index (χ1) is 7.47. The van der Waals surface area contributed by atoms with Crippen LogP contribution in [0.5, 0.6) is 5.75 Å². The maximum atomic E-state index is 9.51. The molecule has 0 bridgehead atoms. The van der Waals surface area contributed by atoms with Gasteiger partial charge in [0.05, 0.1) is 0 Å². The van der Waals surface area contributed by atoms with Crippen LogP contribution in [0.4, 0.5) is 0 Å². The van der Waals surface area contributed by atoms with E-state index in [1.54, 1.807) is 0 Å². The molecule has 16 heavy (non-hydrogen) atoms. The molecule has 0 saturated heterocycles. The number of hydrogen-bond donors (Lipinski definition) is 1. The van der Waals surface area contributed by atoms with Crippen LogP contribution >= 0.6 is 0 Å². The molecule has 1 N–H and O–H groups in total. The van der Waals surface area contributed by atoms with Gasteiger partial charge in [0.25, 0.3) is 0 Å². The molecule has 0 spiro atoms. The quantitative estimate of drug-likeness (QED) is 0.746. The van der Waals surface area contributed by atoms with Gasteiger partial charge < -0.3 is 5.11 Å². The van der Waals surface area contributed by atoms with Gasteiger partial charge in [0.2, 0.25) is 0 Å². The van der Waals surface area contributed by atoms with Crippen LogP contribution in [0.25, 0.3) is 0 Å². The van der Waals surface area contributed by atoms with Gasteiger partial charge in [-0.1, -0.05) is 19.8 Å². The van der Waals surface area contributed by atoms with Gasteiger partial charge in [0.1, 0.15) is 5.75 Å². The van der Waals surface area contributed by atoms with Crippen LogP contribution in [0, 0.1) is 31.6 Å². The monoisotopic (exact) mass is 216 g/mol. The molecule has 0 fully saturated rings. The summed E-state index contributed by atoms with van der Waals surface area (Å²) in [4.78, 5) is 0. The second kappa shape index (κ2) is 5.07. The summed E-state index contributed by atoms with van der Waals surface area (Å²) >= 11 is 0. The summed E-state index contributed by atoms with van der Waals surface area (Å²) < 4.78 is 0. The molecule has 86 valence electrons. The van der Waals surface area contributed by atoms with Gasteiger partial charge in [-0.05, 0) is 55.5 Å². The van der Waals surface area contributed by atoms with E-state index in [0.29, 0.717) is 17.6 Å². The maximum Gasteiger partial charge on any atom is 0.116 e. The summed E-state index contributed by atoms with van der Waals surface area (Å²) in [7, 11) is 0. The summed E-state index contributed by atoms with van der Waals surface area (Å²) in [5.74, 6) is 7.25. The lowest BCUT2D eigenvalue weighted by molar-refractivity contribution is 0.473. The molecule has 0 aliphatic rings. The number of phenols is 1. The molecule has 1 rings (SSSR count). The minimum atomic E-state index is 0.340. The molecule has 0 aliphatic heterocycles. The fourth-order valence-corrected chi connectivity index (χ4v) is 2.27. The predicted molar refractivity (Wildman–Crippen MR) is 68.6 cm³/mol. The van der Waals surface area contributed by atoms with Gasteiger partial charge in [-0.2, -0.15) is 0 Å². The van der Waals surface area contributed by atoms with Gasteiger partial charge in [-0.25, -0.2) is 0 Å². The predicted octanol–water partition coefficient (Wildman–Crippen LogP) is 3.77. The molecule has 0 heterocycles. The molecule has 0 radical (unpaired) electrons. The minimum Gasteiger partial charge on any atom is -0.508 e. The molecule has 0 saturated carbocycles. The second-order valence-electron chi connectivity index (χ2n) is 4.46. The van der Waals surface area contributed by atoms with E-state index in [1.165, 1.54) is 5.56 Å². The van der Waals surface area contributed by atoms with Crippen molar-refractivity contribution in [1.82, 2.24) is 0 Å². The van der Waals surface area contributed by atoms with E-state index in [9.17, 15) is 5.11 Å². The molecule has 0 aliphatic carbocycles. The molecule has 0 aromatic heterocycles. The summed E-state index contributed by atoms with van der Waals surface area (Å²) in [6.07, 6.45) is 0. The molecule has 1 aromatic carbocycles. The summed E-state index contributed by atoms with van der Waals surface area (Å²) in [5, 5.41) is 9.51. The third-order valence-electron chi connectivity index (χ3n) is 3.16. The van der Waals surface area contributed by atoms with E-state index < -0.39 is 0 Å². The molecule has 1 nitrogen and oxygen atoms in total. The van der Waals surface area contributed by atoms with Gasteiger partial charge in [-0.15, -0.1) is 5.92 Å². The van der Waals surface area contributed by atoms with Crippen molar-refractivity contribution >= 4 is 0 Å². The molecular weight excluding hydrogens is 196 g/mol. The highest BCUT2D eigenvalue weighted by Gasteiger charge is 2.17. The van der Waals surface area contributed by atoms with Crippen molar-refractivity contribution in [2.75, 3.05) is 0 Å². The van der Waals surface area contributed by atoms with E-state index in [4.69, 9.17) is 0 Å². The Kier molecular flexibility index (Phi) is 4.01. The van der Waals surface area contributed by atoms with Gasteiger partial charge in [-0.3, -0.25) is 0 Å². The number of rotatable bonds is 2. The second-order valence-corrected chi connectivity index (χ2v) is 4.46. The molecule has 2 unspecified atom stereocenters. The Bertz CT molecular complexity index is 411. The van der Waals surface area contributed by atoms with Crippen molar-refractivity contribution in [2.45, 2.75) is 40.5 Å². The van der Waals surface area contributed by atoms with E-state index in [0.717, 1.165) is 11.1 Å². The first kappa shape index (κ1) is 12.6. The summed E-state index contributed by atoms with van der Waals surface area (Å²) in [6, 6.07) is 3.65. The molecule has 0 amide bonds. The first-order valence-corrected chi connectivity index (χ1v) is 5.69. The van der Waals surface area contributed by atoms with Crippen LogP contribution in [0.1, 0.15) is 43.4 Å². The van der Waals surface area contributed by atoms with Crippen molar-refractivity contribution in [3.05, 3.63) is 28.8 Å². The normalized spacial score (nSPS) is 13.8. The average molecular weight is 216 g/mol. The third kappa shape index (κ3) is 2.58. The molecule has 1 heteroatoms. The van der Waals surface area contributed by atoms with E-state index in [2.05, 4.69) is 25.7 Å². The van der Waals surface area contributed by atoms with Crippen LogP contribution in [0.15, 0.2) is 12.1 Å². The van der Waals surface area contributed by atoms with Crippen molar-refractivity contribution in [3.8, 4) is 17.6 Å². The van der Waals surface area contributed by atoms with E-state index in [1.807, 2.05) is 32.9 Å². The third-order valence-corrected chi connectivity index (χ3v) is 3.16. The van der Waals surface area contributed by atoms with Crippen molar-refractivity contribution in [1.29, 1.82) is 0 Å². The van der Waals surface area contributed by atoms with Gasteiger partial charge in [0, 0.05) is 5.92 Å². The standard InChI is InChI=1S/C15H20O/c1-6-7-10(2)13(5)15-11(3)8-14(16)9-12(15)4/h8-10,13,16H,1-5H3. The highest BCUT2D eigenvalue weighted by atomic mass is 16.3. The number of aryl methyl sites for hydroxylation is 2. The smallest absolute Gasteiger partial charge is 0.116 e. The topological polar surface area (TPSA) is 20.2 Å². The fraction of sp³-hybridized carbons (Fsp3) is 0.467. The SMILES string of the molecule is CC#CC(C)C(C)c1c(C)cc(O)cc1C. The van der Waals surface area contributed by atoms with E-state index >= 15 is 0 Å². The lowest BCUT2D eigenvalue weighted by Crippen LogP contribution is -2.07. The Morgan fingerprint density at radius 3 is 2.06 bits per heavy atom. The van der Waals surface area contributed by atoms with Gasteiger partial charge in [0.15, 0.2) is 0 Å². The lowest BCUT2D eigenvalue weighted by Gasteiger charge is -2.20. The highest BCUT2D eigenvalue weighted by Crippen LogP contribution is 2.31. The maximum absolute atomic E-state index is 9.51. The van der Waals surface area contributed by atoms with Crippen molar-refractivity contribution in [2.24, 2.45) is 5.92 Å². The number of aromatic hydroxyl groups is 1. The van der Waals surface area contributed by atoms with Crippen molar-refractivity contribution < 1.29 is 5.11 Å². The zero-order chi connectivity index (χ0) is 12.3. The molecule has 1 aromatic rings. The van der Waals surface area contributed by atoms with Crippen LogP contribution in [-0.4, -0.2) is 5.11 Å². The Hall–Kier alpha value is -1.42. The number of benzene rings is 1. The first-order valence-electron chi connectivity index (χ1n) is 5.69. The zero-order valence-corrected chi connectivity index (χ0v) is 10.8. The van der Waals surface area contributed by atoms with Crippen molar-refractivity contribution in [3.63, 3.8) is 0 Å².